The van der Waals surface area contributed by atoms with Crippen LogP contribution in [0.25, 0.3) is 0 Å². The molecule has 1 N–H and O–H groups in total. The van der Waals surface area contributed by atoms with Crippen LogP contribution in [-0.4, -0.2) is 9.97 Å². The van der Waals surface area contributed by atoms with Crippen LogP contribution >= 0.6 is 24.0 Å². The maximum Gasteiger partial charge on any atom is 0.130 e. The molecule has 2 nitrogen and oxygen atoms in total. The summed E-state index contributed by atoms with van der Waals surface area (Å²) in [7, 11) is 0. The lowest BCUT2D eigenvalue weighted by Gasteiger charge is -2.08. The predicted octanol–water partition coefficient (Wildman–Crippen LogP) is 4.69. The van der Waals surface area contributed by atoms with Gasteiger partial charge in [-0.3, -0.25) is 0 Å². The predicted molar refractivity (Wildman–Crippen MR) is 79.5 cm³/mol. The Kier molecular flexibility index (Phi) is 4.71. The van der Waals surface area contributed by atoms with Gasteiger partial charge in [-0.05, 0) is 36.2 Å². The molecule has 0 unspecified atom stereocenters. The highest BCUT2D eigenvalue weighted by molar-refractivity contribution is 7.98. The summed E-state index contributed by atoms with van der Waals surface area (Å²) in [5.41, 5.74) is 1.09. The summed E-state index contributed by atoms with van der Waals surface area (Å²) in [6, 6.07) is 8.35. The smallest absolute Gasteiger partial charge is 0.130 e. The van der Waals surface area contributed by atoms with Crippen LogP contribution in [0.15, 0.2) is 35.2 Å². The van der Waals surface area contributed by atoms with Crippen molar-refractivity contribution < 1.29 is 4.39 Å². The summed E-state index contributed by atoms with van der Waals surface area (Å²) in [4.78, 5) is 8.62. The molecule has 0 aliphatic heterocycles. The third-order valence-electron chi connectivity index (χ3n) is 2.62. The first-order valence-electron chi connectivity index (χ1n) is 6.03. The van der Waals surface area contributed by atoms with Crippen LogP contribution < -0.4 is 0 Å². The number of nitrogens with one attached hydrogen (secondary N) is 1. The second-order valence-corrected chi connectivity index (χ2v) is 5.99. The average molecular weight is 294 g/mol. The quantitative estimate of drug-likeness (QED) is 0.655. The fourth-order valence-corrected chi connectivity index (χ4v) is 2.60. The van der Waals surface area contributed by atoms with Gasteiger partial charge in [0.2, 0.25) is 0 Å². The average Bonchev–Trinajstić information content (AvgIpc) is 2.37. The molecule has 0 radical (unpaired) electrons. The normalized spacial score (nSPS) is 10.9. The first-order chi connectivity index (χ1) is 9.04. The van der Waals surface area contributed by atoms with Crippen LogP contribution in [0, 0.1) is 10.5 Å². The third-order valence-corrected chi connectivity index (χ3v) is 3.86. The molecule has 0 bridgehead atoms. The molecule has 100 valence electrons. The van der Waals surface area contributed by atoms with Gasteiger partial charge >= 0.3 is 0 Å². The number of aromatic nitrogens is 2. The van der Waals surface area contributed by atoms with Gasteiger partial charge in [0, 0.05) is 10.6 Å². The summed E-state index contributed by atoms with van der Waals surface area (Å²) in [5.74, 6) is 1.71. The summed E-state index contributed by atoms with van der Waals surface area (Å²) < 4.78 is 13.4. The SMILES string of the molecule is CC(C)c1cc(=S)nc(CSc2ccc(F)cc2)[nH]1. The highest BCUT2D eigenvalue weighted by atomic mass is 32.2. The van der Waals surface area contributed by atoms with Gasteiger partial charge in [-0.1, -0.05) is 26.1 Å². The molecule has 0 saturated heterocycles. The Balaban J connectivity index is 2.11. The van der Waals surface area contributed by atoms with Gasteiger partial charge < -0.3 is 4.98 Å². The second kappa shape index (κ2) is 6.30. The van der Waals surface area contributed by atoms with Gasteiger partial charge in [-0.15, -0.1) is 11.8 Å². The maximum absolute atomic E-state index is 12.8. The molecule has 0 aliphatic rings. The zero-order chi connectivity index (χ0) is 13.8. The van der Waals surface area contributed by atoms with Crippen molar-refractivity contribution in [3.05, 3.63) is 52.3 Å². The monoisotopic (exact) mass is 294 g/mol. The molecule has 0 amide bonds. The van der Waals surface area contributed by atoms with E-state index in [1.165, 1.54) is 12.1 Å². The van der Waals surface area contributed by atoms with Crippen LogP contribution in [0.5, 0.6) is 0 Å². The number of H-pyrrole nitrogens is 1. The number of rotatable bonds is 4. The molecular weight excluding hydrogens is 279 g/mol. The Labute approximate surface area is 121 Å². The lowest BCUT2D eigenvalue weighted by atomic mass is 10.1. The number of hydrogen-bond donors (Lipinski definition) is 1. The van der Waals surface area contributed by atoms with Gasteiger partial charge in [0.1, 0.15) is 16.3 Å². The van der Waals surface area contributed by atoms with Gasteiger partial charge in [0.05, 0.1) is 5.75 Å². The Morgan fingerprint density at radius 2 is 2.00 bits per heavy atom. The highest BCUT2D eigenvalue weighted by Gasteiger charge is 2.04. The Bertz CT molecular complexity index is 606. The van der Waals surface area contributed by atoms with Crippen LogP contribution in [0.4, 0.5) is 4.39 Å². The molecular formula is C14H15FN2S2. The minimum absolute atomic E-state index is 0.219. The molecule has 5 heteroatoms. The zero-order valence-electron chi connectivity index (χ0n) is 10.8. The van der Waals surface area contributed by atoms with E-state index < -0.39 is 0 Å². The molecule has 0 spiro atoms. The maximum atomic E-state index is 12.8. The molecule has 1 heterocycles. The van der Waals surface area contributed by atoms with Crippen molar-refractivity contribution in [2.24, 2.45) is 0 Å². The molecule has 19 heavy (non-hydrogen) atoms. The van der Waals surface area contributed by atoms with Crippen molar-refractivity contribution in [1.29, 1.82) is 0 Å². The fourth-order valence-electron chi connectivity index (χ4n) is 1.59. The Morgan fingerprint density at radius 3 is 2.63 bits per heavy atom. The van der Waals surface area contributed by atoms with Gasteiger partial charge in [-0.2, -0.15) is 0 Å². The largest absolute Gasteiger partial charge is 0.346 e. The van der Waals surface area contributed by atoms with Crippen molar-refractivity contribution in [3.63, 3.8) is 0 Å². The standard InChI is InChI=1S/C14H15FN2S2/c1-9(2)12-7-14(18)17-13(16-12)8-19-11-5-3-10(15)4-6-11/h3-7,9H,8H2,1-2H3,(H,16,17,18). The minimum atomic E-state index is -0.219. The summed E-state index contributed by atoms with van der Waals surface area (Å²) >= 11 is 6.77. The van der Waals surface area contributed by atoms with E-state index in [1.807, 2.05) is 6.07 Å². The van der Waals surface area contributed by atoms with Crippen molar-refractivity contribution >= 4 is 24.0 Å². The molecule has 0 atom stereocenters. The number of thioether (sulfide) groups is 1. The first-order valence-corrected chi connectivity index (χ1v) is 7.42. The number of halogens is 1. The fraction of sp³-hybridized carbons (Fsp3) is 0.286. The van der Waals surface area contributed by atoms with Gasteiger partial charge in [0.15, 0.2) is 0 Å². The molecule has 0 fully saturated rings. The zero-order valence-corrected chi connectivity index (χ0v) is 12.4. The van der Waals surface area contributed by atoms with E-state index in [0.29, 0.717) is 16.3 Å². The Hall–Kier alpha value is -1.20. The van der Waals surface area contributed by atoms with E-state index in [9.17, 15) is 4.39 Å². The molecule has 1 aromatic heterocycles. The van der Waals surface area contributed by atoms with E-state index in [2.05, 4.69) is 23.8 Å². The highest BCUT2D eigenvalue weighted by Crippen LogP contribution is 2.22. The van der Waals surface area contributed by atoms with E-state index in [0.717, 1.165) is 16.4 Å². The van der Waals surface area contributed by atoms with E-state index in [-0.39, 0.29) is 5.82 Å². The molecule has 2 rings (SSSR count). The van der Waals surface area contributed by atoms with Crippen molar-refractivity contribution in [1.82, 2.24) is 9.97 Å². The molecule has 0 saturated carbocycles. The first kappa shape index (κ1) is 14.2. The van der Waals surface area contributed by atoms with Crippen molar-refractivity contribution in [3.8, 4) is 0 Å². The Morgan fingerprint density at radius 1 is 1.32 bits per heavy atom. The number of nitrogens with zero attached hydrogens (tertiary/aromatic N) is 1. The molecule has 0 aliphatic carbocycles. The second-order valence-electron chi connectivity index (χ2n) is 4.52. The summed E-state index contributed by atoms with van der Waals surface area (Å²) in [6.07, 6.45) is 0. The van der Waals surface area contributed by atoms with E-state index in [1.54, 1.807) is 23.9 Å². The van der Waals surface area contributed by atoms with Crippen LogP contribution in [0.3, 0.4) is 0 Å². The van der Waals surface area contributed by atoms with E-state index in [4.69, 9.17) is 12.2 Å². The van der Waals surface area contributed by atoms with E-state index >= 15 is 0 Å². The van der Waals surface area contributed by atoms with Crippen molar-refractivity contribution in [2.75, 3.05) is 0 Å². The van der Waals surface area contributed by atoms with Crippen LogP contribution in [0.2, 0.25) is 0 Å². The lowest BCUT2D eigenvalue weighted by molar-refractivity contribution is 0.626. The van der Waals surface area contributed by atoms with Gasteiger partial charge in [0.25, 0.3) is 0 Å². The van der Waals surface area contributed by atoms with Crippen LogP contribution in [-0.2, 0) is 5.75 Å². The number of benzene rings is 1. The van der Waals surface area contributed by atoms with Crippen LogP contribution in [0.1, 0.15) is 31.3 Å². The summed E-state index contributed by atoms with van der Waals surface area (Å²) in [6.45, 7) is 4.22. The summed E-state index contributed by atoms with van der Waals surface area (Å²) in [5, 5.41) is 0. The van der Waals surface area contributed by atoms with Gasteiger partial charge in [-0.25, -0.2) is 9.37 Å². The lowest BCUT2D eigenvalue weighted by Crippen LogP contribution is -2.00. The number of hydrogen-bond acceptors (Lipinski definition) is 3. The molecule has 2 aromatic rings. The molecule has 1 aromatic carbocycles. The van der Waals surface area contributed by atoms with Crippen molar-refractivity contribution in [2.45, 2.75) is 30.4 Å². The third kappa shape index (κ3) is 4.14. The number of aromatic amines is 1. The topological polar surface area (TPSA) is 28.7 Å². The minimum Gasteiger partial charge on any atom is -0.346 e.